The number of hydrogen-bond donors (Lipinski definition) is 1. The molecule has 270 valence electrons. The Morgan fingerprint density at radius 3 is 2.42 bits per heavy atom. The van der Waals surface area contributed by atoms with Crippen molar-refractivity contribution in [3.05, 3.63) is 88.4 Å². The molecule has 2 heterocycles. The highest BCUT2D eigenvalue weighted by atomic mass is 35.5. The van der Waals surface area contributed by atoms with Gasteiger partial charge in [0.15, 0.2) is 11.5 Å². The maximum atomic E-state index is 14.4. The van der Waals surface area contributed by atoms with E-state index in [2.05, 4.69) is 55.3 Å². The summed E-state index contributed by atoms with van der Waals surface area (Å²) in [6.07, 6.45) is 1.14. The first kappa shape index (κ1) is 37.6. The van der Waals surface area contributed by atoms with Crippen LogP contribution in [0.25, 0.3) is 0 Å². The molecule has 2 aliphatic rings. The highest BCUT2D eigenvalue weighted by Crippen LogP contribution is 2.45. The zero-order valence-corrected chi connectivity index (χ0v) is 31.0. The van der Waals surface area contributed by atoms with Gasteiger partial charge >= 0.3 is 0 Å². The molecule has 0 radical (unpaired) electrons. The van der Waals surface area contributed by atoms with Crippen LogP contribution in [0.5, 0.6) is 11.5 Å². The van der Waals surface area contributed by atoms with Gasteiger partial charge in [-0.05, 0) is 74.6 Å². The molecule has 9 nitrogen and oxygen atoms in total. The van der Waals surface area contributed by atoms with E-state index in [1.165, 1.54) is 5.56 Å². The maximum Gasteiger partial charge on any atom is 0.256 e. The third kappa shape index (κ3) is 10.00. The van der Waals surface area contributed by atoms with Crippen LogP contribution in [-0.2, 0) is 20.7 Å². The van der Waals surface area contributed by atoms with Crippen LogP contribution in [0.3, 0.4) is 0 Å². The summed E-state index contributed by atoms with van der Waals surface area (Å²) in [5.41, 5.74) is 3.28. The lowest BCUT2D eigenvalue weighted by Gasteiger charge is -2.34. The summed E-state index contributed by atoms with van der Waals surface area (Å²) in [5.74, 6) is 0.789. The van der Waals surface area contributed by atoms with Crippen LogP contribution in [0.2, 0.25) is 5.02 Å². The highest BCUT2D eigenvalue weighted by Gasteiger charge is 2.41. The molecular formula is C40H53ClN4O5. The number of aryl methyl sites for hydroxylation is 1. The molecule has 0 saturated carbocycles. The van der Waals surface area contributed by atoms with E-state index < -0.39 is 12.2 Å². The molecule has 3 aromatic carbocycles. The fourth-order valence-electron chi connectivity index (χ4n) is 6.56. The molecule has 2 amide bonds. The third-order valence-electron chi connectivity index (χ3n) is 9.17. The largest absolute Gasteiger partial charge is 0.492 e. The van der Waals surface area contributed by atoms with Gasteiger partial charge in [0.25, 0.3) is 5.91 Å². The number of piperazine rings is 1. The molecule has 1 fully saturated rings. The number of fused-ring (bicyclic) bond motifs is 1. The standard InChI is InChI=1S/C40H53ClN4O5/c1-40(2,3)28-45-33-18-17-30(41)26-32(33)37(50-35(39(45)47)27-36(46)44-23-21-43(4)22-24-44)31-15-9-16-34(38(31)48-5)49-25-11-20-42-19-10-14-29-12-7-6-8-13-29/h6-9,12-13,15-18,26,35,37,42H,10-11,14,19-25,27-28H2,1-5H3/t35-,37-/m0/s1. The average molecular weight is 705 g/mol. The van der Waals surface area contributed by atoms with Gasteiger partial charge in [-0.15, -0.1) is 0 Å². The SMILES string of the molecule is COc1c(OCCCNCCCc2ccccc2)cccc1[C@@H]1O[C@@H](CC(=O)N2CCN(C)CC2)C(=O)N(CC(C)(C)C)c2ccc(Cl)cc21. The van der Waals surface area contributed by atoms with Gasteiger partial charge in [0.1, 0.15) is 12.2 Å². The van der Waals surface area contributed by atoms with Gasteiger partial charge in [0.05, 0.1) is 20.1 Å². The number of ether oxygens (including phenoxy) is 3. The Morgan fingerprint density at radius 1 is 0.960 bits per heavy atom. The van der Waals surface area contributed by atoms with E-state index in [0.717, 1.165) is 51.0 Å². The lowest BCUT2D eigenvalue weighted by atomic mass is 9.94. The maximum absolute atomic E-state index is 14.4. The summed E-state index contributed by atoms with van der Waals surface area (Å²) >= 11 is 6.61. The number of carbonyl (C=O) groups excluding carboxylic acids is 2. The second-order valence-electron chi connectivity index (χ2n) is 14.5. The van der Waals surface area contributed by atoms with Crippen LogP contribution in [0.4, 0.5) is 5.69 Å². The summed E-state index contributed by atoms with van der Waals surface area (Å²) in [7, 11) is 3.66. The van der Waals surface area contributed by atoms with Crippen molar-refractivity contribution >= 4 is 29.1 Å². The van der Waals surface area contributed by atoms with Crippen LogP contribution in [0.15, 0.2) is 66.7 Å². The van der Waals surface area contributed by atoms with E-state index in [-0.39, 0.29) is 23.7 Å². The molecule has 50 heavy (non-hydrogen) atoms. The smallest absolute Gasteiger partial charge is 0.256 e. The molecule has 3 aromatic rings. The second kappa shape index (κ2) is 17.5. The lowest BCUT2D eigenvalue weighted by molar-refractivity contribution is -0.144. The first-order chi connectivity index (χ1) is 24.0. The summed E-state index contributed by atoms with van der Waals surface area (Å²) in [4.78, 5) is 33.9. The molecule has 5 rings (SSSR count). The number of para-hydroxylation sites is 1. The second-order valence-corrected chi connectivity index (χ2v) is 14.9. The van der Waals surface area contributed by atoms with Crippen molar-refractivity contribution in [3.8, 4) is 11.5 Å². The predicted octanol–water partition coefficient (Wildman–Crippen LogP) is 6.37. The molecule has 10 heteroatoms. The zero-order valence-electron chi connectivity index (χ0n) is 30.3. The van der Waals surface area contributed by atoms with Crippen LogP contribution in [-0.4, -0.2) is 94.3 Å². The van der Waals surface area contributed by atoms with E-state index in [1.54, 1.807) is 18.1 Å². The van der Waals surface area contributed by atoms with Gasteiger partial charge in [-0.25, -0.2) is 0 Å². The molecule has 2 aliphatic heterocycles. The molecule has 1 N–H and O–H groups in total. The Balaban J connectivity index is 1.35. The molecular weight excluding hydrogens is 652 g/mol. The summed E-state index contributed by atoms with van der Waals surface area (Å²) in [6.45, 7) is 11.8. The number of likely N-dealkylation sites (N-methyl/N-ethyl adjacent to an activating group) is 1. The fourth-order valence-corrected chi connectivity index (χ4v) is 6.75. The summed E-state index contributed by atoms with van der Waals surface area (Å²) < 4.78 is 19.0. The van der Waals surface area contributed by atoms with E-state index in [1.807, 2.05) is 48.3 Å². The first-order valence-electron chi connectivity index (χ1n) is 17.8. The number of nitrogens with one attached hydrogen (secondary N) is 1. The van der Waals surface area contributed by atoms with Crippen molar-refractivity contribution < 1.29 is 23.8 Å². The molecule has 0 bridgehead atoms. The monoisotopic (exact) mass is 704 g/mol. The van der Waals surface area contributed by atoms with Crippen molar-refractivity contribution in [1.29, 1.82) is 0 Å². The number of benzene rings is 3. The quantitative estimate of drug-likeness (QED) is 0.195. The number of methoxy groups -OCH3 is 1. The zero-order chi connectivity index (χ0) is 35.7. The summed E-state index contributed by atoms with van der Waals surface area (Å²) in [5, 5.41) is 4.04. The highest BCUT2D eigenvalue weighted by molar-refractivity contribution is 6.30. The Hall–Kier alpha value is -3.63. The Labute approximate surface area is 302 Å². The van der Waals surface area contributed by atoms with Crippen molar-refractivity contribution in [2.75, 3.05) is 71.5 Å². The van der Waals surface area contributed by atoms with E-state index in [0.29, 0.717) is 54.0 Å². The number of hydrogen-bond acceptors (Lipinski definition) is 7. The topological polar surface area (TPSA) is 83.6 Å². The van der Waals surface area contributed by atoms with Gasteiger partial charge in [-0.1, -0.05) is 74.8 Å². The number of amides is 2. The molecule has 0 aromatic heterocycles. The van der Waals surface area contributed by atoms with Gasteiger partial charge < -0.3 is 34.2 Å². The van der Waals surface area contributed by atoms with E-state index in [4.69, 9.17) is 25.8 Å². The van der Waals surface area contributed by atoms with Crippen molar-refractivity contribution in [2.45, 2.75) is 58.7 Å². The number of anilines is 1. The number of carbonyl (C=O) groups is 2. The van der Waals surface area contributed by atoms with E-state index >= 15 is 0 Å². The summed E-state index contributed by atoms with van der Waals surface area (Å²) in [6, 6.07) is 21.8. The van der Waals surface area contributed by atoms with Gasteiger partial charge in [-0.2, -0.15) is 0 Å². The van der Waals surface area contributed by atoms with Crippen LogP contribution >= 0.6 is 11.6 Å². The average Bonchev–Trinajstić information content (AvgIpc) is 3.19. The number of halogens is 1. The van der Waals surface area contributed by atoms with Gasteiger partial charge in [0, 0.05) is 54.6 Å². The third-order valence-corrected chi connectivity index (χ3v) is 9.40. The Morgan fingerprint density at radius 2 is 1.70 bits per heavy atom. The van der Waals surface area contributed by atoms with Gasteiger partial charge in [0.2, 0.25) is 5.91 Å². The lowest BCUT2D eigenvalue weighted by Crippen LogP contribution is -2.50. The van der Waals surface area contributed by atoms with Crippen LogP contribution in [0, 0.1) is 5.41 Å². The predicted molar refractivity (Wildman–Crippen MR) is 199 cm³/mol. The minimum Gasteiger partial charge on any atom is -0.492 e. The van der Waals surface area contributed by atoms with Crippen molar-refractivity contribution in [2.24, 2.45) is 5.41 Å². The minimum atomic E-state index is -1.01. The molecule has 1 saturated heterocycles. The molecule has 0 spiro atoms. The normalized spacial score (nSPS) is 18.5. The first-order valence-corrected chi connectivity index (χ1v) is 18.2. The van der Waals surface area contributed by atoms with Crippen LogP contribution in [0.1, 0.15) is 62.8 Å². The molecule has 0 unspecified atom stereocenters. The van der Waals surface area contributed by atoms with Crippen molar-refractivity contribution in [1.82, 2.24) is 15.1 Å². The molecule has 0 aliphatic carbocycles. The van der Waals surface area contributed by atoms with Crippen LogP contribution < -0.4 is 19.7 Å². The Bertz CT molecular complexity index is 1570. The number of rotatable bonds is 14. The Kier molecular flexibility index (Phi) is 13.2. The van der Waals surface area contributed by atoms with Crippen molar-refractivity contribution in [3.63, 3.8) is 0 Å². The minimum absolute atomic E-state index is 0.0573. The molecule has 2 atom stereocenters. The number of nitrogens with zero attached hydrogens (tertiary/aromatic N) is 3. The van der Waals surface area contributed by atoms with E-state index in [9.17, 15) is 9.59 Å². The van der Waals surface area contributed by atoms with Gasteiger partial charge in [-0.3, -0.25) is 9.59 Å². The fraction of sp³-hybridized carbons (Fsp3) is 0.500.